The Morgan fingerprint density at radius 1 is 0.933 bits per heavy atom. The van der Waals surface area contributed by atoms with Crippen molar-refractivity contribution in [3.8, 4) is 5.75 Å². The first-order valence-electron chi connectivity index (χ1n) is 9.80. The van der Waals surface area contributed by atoms with Crippen LogP contribution in [0.4, 0.5) is 0 Å². The van der Waals surface area contributed by atoms with Gasteiger partial charge in [0.15, 0.2) is 0 Å². The number of rotatable bonds is 12. The molecule has 2 amide bonds. The molecule has 0 bridgehead atoms. The maximum Gasteiger partial charge on any atom is 0.258 e. The Hall–Kier alpha value is -2.84. The minimum atomic E-state index is -0.275. The molecule has 0 radical (unpaired) electrons. The molecule has 0 fully saturated rings. The average Bonchev–Trinajstić information content (AvgIpc) is 3.17. The lowest BCUT2D eigenvalue weighted by Gasteiger charge is -2.28. The highest BCUT2D eigenvalue weighted by Crippen LogP contribution is 2.19. The highest BCUT2D eigenvalue weighted by molar-refractivity contribution is 5.98. The van der Waals surface area contributed by atoms with Gasteiger partial charge in [-0.25, -0.2) is 0 Å². The van der Waals surface area contributed by atoms with Crippen LogP contribution in [-0.4, -0.2) is 80.4 Å². The van der Waals surface area contributed by atoms with Crippen LogP contribution in [0.15, 0.2) is 42.6 Å². The Balaban J connectivity index is 2.20. The maximum atomic E-state index is 13.2. The Kier molecular flexibility index (Phi) is 9.37. The second kappa shape index (κ2) is 12.0. The number of methoxy groups -OCH3 is 3. The Labute approximate surface area is 177 Å². The van der Waals surface area contributed by atoms with Crippen LogP contribution in [0.2, 0.25) is 0 Å². The normalized spacial score (nSPS) is 10.7. The number of carbonyl (C=O) groups is 2. The lowest BCUT2D eigenvalue weighted by Crippen LogP contribution is -2.45. The number of amides is 2. The molecule has 1 heterocycles. The van der Waals surface area contributed by atoms with E-state index in [1.165, 1.54) is 12.0 Å². The largest absolute Gasteiger partial charge is 0.496 e. The summed E-state index contributed by atoms with van der Waals surface area (Å²) in [5.41, 5.74) is 1.41. The molecule has 1 aromatic heterocycles. The van der Waals surface area contributed by atoms with E-state index in [1.54, 1.807) is 43.4 Å². The Morgan fingerprint density at radius 3 is 2.20 bits per heavy atom. The van der Waals surface area contributed by atoms with Crippen molar-refractivity contribution >= 4 is 11.8 Å². The SMILES string of the molecule is COCCN(Cc1cccn1C)C(=O)CN(CCOC)C(=O)c1ccccc1OC. The van der Waals surface area contributed by atoms with Gasteiger partial charge in [0.1, 0.15) is 12.3 Å². The number of para-hydroxylation sites is 1. The molecule has 1 aromatic carbocycles. The van der Waals surface area contributed by atoms with Gasteiger partial charge in [0.05, 0.1) is 32.4 Å². The van der Waals surface area contributed by atoms with Gasteiger partial charge in [-0.1, -0.05) is 12.1 Å². The summed E-state index contributed by atoms with van der Waals surface area (Å²) >= 11 is 0. The second-order valence-electron chi connectivity index (χ2n) is 6.84. The van der Waals surface area contributed by atoms with Crippen molar-refractivity contribution in [3.05, 3.63) is 53.9 Å². The first kappa shape index (κ1) is 23.4. The third kappa shape index (κ3) is 6.33. The van der Waals surface area contributed by atoms with Crippen molar-refractivity contribution in [1.82, 2.24) is 14.4 Å². The minimum Gasteiger partial charge on any atom is -0.496 e. The lowest BCUT2D eigenvalue weighted by atomic mass is 10.1. The van der Waals surface area contributed by atoms with Gasteiger partial charge in [0, 0.05) is 46.2 Å². The van der Waals surface area contributed by atoms with Crippen molar-refractivity contribution < 1.29 is 23.8 Å². The molecular weight excluding hydrogens is 386 g/mol. The lowest BCUT2D eigenvalue weighted by molar-refractivity contribution is -0.133. The van der Waals surface area contributed by atoms with Gasteiger partial charge in [-0.3, -0.25) is 9.59 Å². The summed E-state index contributed by atoms with van der Waals surface area (Å²) < 4.78 is 17.6. The van der Waals surface area contributed by atoms with E-state index >= 15 is 0 Å². The molecule has 0 spiro atoms. The Bertz CT molecular complexity index is 821. The predicted molar refractivity (Wildman–Crippen MR) is 113 cm³/mol. The third-order valence-corrected chi connectivity index (χ3v) is 4.84. The molecule has 0 unspecified atom stereocenters. The first-order chi connectivity index (χ1) is 14.5. The number of ether oxygens (including phenoxy) is 3. The molecular formula is C22H31N3O5. The molecule has 2 aromatic rings. The molecule has 8 nitrogen and oxygen atoms in total. The minimum absolute atomic E-state index is 0.0611. The molecule has 0 aliphatic rings. The number of aromatic nitrogens is 1. The van der Waals surface area contributed by atoms with E-state index in [4.69, 9.17) is 14.2 Å². The number of benzene rings is 1. The summed E-state index contributed by atoms with van der Waals surface area (Å²) in [6, 6.07) is 10.9. The smallest absolute Gasteiger partial charge is 0.258 e. The van der Waals surface area contributed by atoms with E-state index in [1.807, 2.05) is 29.9 Å². The van der Waals surface area contributed by atoms with Gasteiger partial charge < -0.3 is 28.6 Å². The summed E-state index contributed by atoms with van der Waals surface area (Å²) in [6.07, 6.45) is 1.93. The van der Waals surface area contributed by atoms with E-state index in [9.17, 15) is 9.59 Å². The maximum absolute atomic E-state index is 13.2. The summed E-state index contributed by atoms with van der Waals surface area (Å²) in [5, 5.41) is 0. The zero-order valence-electron chi connectivity index (χ0n) is 18.2. The van der Waals surface area contributed by atoms with Crippen molar-refractivity contribution in [1.29, 1.82) is 0 Å². The van der Waals surface area contributed by atoms with Gasteiger partial charge in [0.25, 0.3) is 5.91 Å². The summed E-state index contributed by atoms with van der Waals surface area (Å²) in [7, 11) is 6.61. The molecule has 2 rings (SSSR count). The predicted octanol–water partition coefficient (Wildman–Crippen LogP) is 1.80. The molecule has 0 saturated heterocycles. The van der Waals surface area contributed by atoms with Crippen LogP contribution < -0.4 is 4.74 Å². The second-order valence-corrected chi connectivity index (χ2v) is 6.84. The van der Waals surface area contributed by atoms with Gasteiger partial charge in [-0.15, -0.1) is 0 Å². The fraction of sp³-hybridized carbons (Fsp3) is 0.455. The van der Waals surface area contributed by atoms with Crippen molar-refractivity contribution in [2.24, 2.45) is 7.05 Å². The number of hydrogen-bond acceptors (Lipinski definition) is 5. The van der Waals surface area contributed by atoms with E-state index < -0.39 is 0 Å². The molecule has 8 heteroatoms. The number of aryl methyl sites for hydroxylation is 1. The number of carbonyl (C=O) groups excluding carboxylic acids is 2. The molecule has 0 saturated carbocycles. The van der Waals surface area contributed by atoms with Crippen LogP contribution in [0.3, 0.4) is 0 Å². The van der Waals surface area contributed by atoms with E-state index in [2.05, 4.69) is 0 Å². The van der Waals surface area contributed by atoms with E-state index in [-0.39, 0.29) is 18.4 Å². The fourth-order valence-electron chi connectivity index (χ4n) is 3.06. The van der Waals surface area contributed by atoms with Crippen LogP contribution in [-0.2, 0) is 27.9 Å². The molecule has 0 aliphatic carbocycles. The van der Waals surface area contributed by atoms with Gasteiger partial charge in [-0.05, 0) is 24.3 Å². The summed E-state index contributed by atoms with van der Waals surface area (Å²) in [6.45, 7) is 1.84. The topological polar surface area (TPSA) is 73.2 Å². The zero-order chi connectivity index (χ0) is 21.9. The van der Waals surface area contributed by atoms with Crippen LogP contribution in [0, 0.1) is 0 Å². The fourth-order valence-corrected chi connectivity index (χ4v) is 3.06. The molecule has 164 valence electrons. The number of hydrogen-bond donors (Lipinski definition) is 0. The molecule has 0 N–H and O–H groups in total. The van der Waals surface area contributed by atoms with E-state index in [0.29, 0.717) is 44.2 Å². The van der Waals surface area contributed by atoms with Gasteiger partial charge >= 0.3 is 0 Å². The van der Waals surface area contributed by atoms with Crippen molar-refractivity contribution in [2.75, 3.05) is 54.2 Å². The molecule has 30 heavy (non-hydrogen) atoms. The molecule has 0 aliphatic heterocycles. The quantitative estimate of drug-likeness (QED) is 0.527. The highest BCUT2D eigenvalue weighted by atomic mass is 16.5. The standard InChI is InChI=1S/C22H31N3O5/c1-23-11-7-8-18(23)16-24(12-14-28-2)21(26)17-25(13-15-29-3)22(27)19-9-5-6-10-20(19)30-4/h5-11H,12-17H2,1-4H3. The Morgan fingerprint density at radius 2 is 1.60 bits per heavy atom. The van der Waals surface area contributed by atoms with Crippen LogP contribution in [0.1, 0.15) is 16.1 Å². The van der Waals surface area contributed by atoms with Crippen LogP contribution >= 0.6 is 0 Å². The highest BCUT2D eigenvalue weighted by Gasteiger charge is 2.24. The molecule has 0 atom stereocenters. The van der Waals surface area contributed by atoms with Gasteiger partial charge in [-0.2, -0.15) is 0 Å². The third-order valence-electron chi connectivity index (χ3n) is 4.84. The summed E-state index contributed by atoms with van der Waals surface area (Å²) in [4.78, 5) is 29.5. The van der Waals surface area contributed by atoms with Crippen LogP contribution in [0.5, 0.6) is 5.75 Å². The number of nitrogens with zero attached hydrogens (tertiary/aromatic N) is 3. The van der Waals surface area contributed by atoms with Crippen molar-refractivity contribution in [3.63, 3.8) is 0 Å². The average molecular weight is 418 g/mol. The van der Waals surface area contributed by atoms with Crippen LogP contribution in [0.25, 0.3) is 0 Å². The van der Waals surface area contributed by atoms with Crippen molar-refractivity contribution in [2.45, 2.75) is 6.54 Å². The monoisotopic (exact) mass is 417 g/mol. The first-order valence-corrected chi connectivity index (χ1v) is 9.80. The van der Waals surface area contributed by atoms with E-state index in [0.717, 1.165) is 5.69 Å². The summed E-state index contributed by atoms with van der Waals surface area (Å²) in [5.74, 6) is 0.0356. The zero-order valence-corrected chi connectivity index (χ0v) is 18.2. The van der Waals surface area contributed by atoms with Gasteiger partial charge in [0.2, 0.25) is 5.91 Å².